The summed E-state index contributed by atoms with van der Waals surface area (Å²) in [5, 5.41) is 13.5. The van der Waals surface area contributed by atoms with Crippen LogP contribution in [0.3, 0.4) is 0 Å². The number of primary amides is 1. The van der Waals surface area contributed by atoms with Crippen molar-refractivity contribution in [3.8, 4) is 0 Å². The number of rotatable bonds is 16. The molecule has 0 saturated heterocycles. The Labute approximate surface area is 253 Å². The topological polar surface area (TPSA) is 216 Å². The van der Waals surface area contributed by atoms with E-state index >= 15 is 0 Å². The van der Waals surface area contributed by atoms with Crippen LogP contribution in [-0.2, 0) is 27.2 Å². The van der Waals surface area contributed by atoms with Gasteiger partial charge < -0.3 is 33.6 Å². The molecule has 11 nitrogen and oxygen atoms in total. The standard InChI is InChI=1S/C32H46N8O3/c33-28(34)24-16-13-22(14-17-24)20-25(23-10-5-2-6-11-23)30(42)40-27(18-15-21-8-3-1-4-9-21)31(43)39-26(29(35)41)12-7-19-38-32(36)37/h1,3-4,8-9,13-14,16-17,23,25-27H,2,5-7,10-12,15,18-20H2,(H3,33,34)(H2,35,41)(H,39,43)(H,40,42)(H4,36,37,38)/t25-,26+,27+/m1/s1. The molecular weight excluding hydrogens is 544 g/mol. The van der Waals surface area contributed by atoms with Gasteiger partial charge in [-0.15, -0.1) is 0 Å². The van der Waals surface area contributed by atoms with Gasteiger partial charge in [0.2, 0.25) is 17.7 Å². The Balaban J connectivity index is 1.79. The molecule has 0 heterocycles. The fraction of sp³-hybridized carbons (Fsp3) is 0.469. The summed E-state index contributed by atoms with van der Waals surface area (Å²) in [6.45, 7) is 0.298. The van der Waals surface area contributed by atoms with E-state index in [0.29, 0.717) is 37.8 Å². The average molecular weight is 591 g/mol. The Morgan fingerprint density at radius 2 is 1.47 bits per heavy atom. The molecule has 3 amide bonds. The van der Waals surface area contributed by atoms with Crippen LogP contribution in [0.4, 0.5) is 0 Å². The van der Waals surface area contributed by atoms with E-state index in [1.807, 2.05) is 42.5 Å². The van der Waals surface area contributed by atoms with Gasteiger partial charge in [-0.25, -0.2) is 0 Å². The zero-order chi connectivity index (χ0) is 31.2. The van der Waals surface area contributed by atoms with Gasteiger partial charge in [-0.05, 0) is 62.0 Å². The first-order valence-corrected chi connectivity index (χ1v) is 15.1. The van der Waals surface area contributed by atoms with Gasteiger partial charge in [0.1, 0.15) is 17.9 Å². The highest BCUT2D eigenvalue weighted by Crippen LogP contribution is 2.32. The van der Waals surface area contributed by atoms with Crippen LogP contribution in [-0.4, -0.2) is 48.1 Å². The number of amidine groups is 1. The second-order valence-electron chi connectivity index (χ2n) is 11.3. The normalized spacial score (nSPS) is 15.4. The third-order valence-corrected chi connectivity index (χ3v) is 8.08. The van der Waals surface area contributed by atoms with Crippen LogP contribution in [0.15, 0.2) is 59.6 Å². The minimum Gasteiger partial charge on any atom is -0.384 e. The molecule has 1 aliphatic carbocycles. The van der Waals surface area contributed by atoms with Crippen molar-refractivity contribution in [1.29, 1.82) is 5.41 Å². The Kier molecular flexibility index (Phi) is 13.0. The van der Waals surface area contributed by atoms with Crippen molar-refractivity contribution in [2.45, 2.75) is 76.3 Å². The van der Waals surface area contributed by atoms with E-state index in [4.69, 9.17) is 28.3 Å². The van der Waals surface area contributed by atoms with E-state index in [-0.39, 0.29) is 36.0 Å². The molecule has 1 aliphatic rings. The summed E-state index contributed by atoms with van der Waals surface area (Å²) < 4.78 is 0. The number of benzene rings is 2. The van der Waals surface area contributed by atoms with Gasteiger partial charge in [-0.1, -0.05) is 73.9 Å². The van der Waals surface area contributed by atoms with Crippen LogP contribution in [0.2, 0.25) is 0 Å². The summed E-state index contributed by atoms with van der Waals surface area (Å²) in [6.07, 6.45) is 7.31. The SMILES string of the molecule is N=C(N)c1ccc(C[C@@H](C(=O)N[C@@H](CCc2ccccc2)C(=O)N[C@@H](CCCN=C(N)N)C(N)=O)C2CCCCC2)cc1. The molecule has 11 heteroatoms. The number of carbonyl (C=O) groups is 3. The molecule has 232 valence electrons. The van der Waals surface area contributed by atoms with Crippen molar-refractivity contribution in [1.82, 2.24) is 10.6 Å². The van der Waals surface area contributed by atoms with Crippen molar-refractivity contribution < 1.29 is 14.4 Å². The molecule has 2 aromatic rings. The lowest BCUT2D eigenvalue weighted by molar-refractivity contribution is -0.134. The Hall–Kier alpha value is -4.41. The predicted octanol–water partition coefficient (Wildman–Crippen LogP) is 1.85. The molecule has 3 rings (SSSR count). The highest BCUT2D eigenvalue weighted by molar-refractivity contribution is 5.95. The van der Waals surface area contributed by atoms with Crippen LogP contribution in [0, 0.1) is 17.2 Å². The highest BCUT2D eigenvalue weighted by atomic mass is 16.2. The van der Waals surface area contributed by atoms with Crippen LogP contribution in [0.25, 0.3) is 0 Å². The number of aliphatic imine (C=N–C) groups is 1. The van der Waals surface area contributed by atoms with Gasteiger partial charge in [-0.3, -0.25) is 24.8 Å². The molecule has 0 unspecified atom stereocenters. The molecule has 11 N–H and O–H groups in total. The third-order valence-electron chi connectivity index (χ3n) is 8.08. The number of hydrogen-bond acceptors (Lipinski definition) is 5. The number of guanidine groups is 1. The molecule has 0 aliphatic heterocycles. The molecule has 0 spiro atoms. The summed E-state index contributed by atoms with van der Waals surface area (Å²) in [6, 6.07) is 15.3. The molecule has 3 atom stereocenters. The van der Waals surface area contributed by atoms with Crippen LogP contribution < -0.4 is 33.6 Å². The molecule has 0 bridgehead atoms. The lowest BCUT2D eigenvalue weighted by atomic mass is 9.76. The Bertz CT molecular complexity index is 1240. The predicted molar refractivity (Wildman–Crippen MR) is 169 cm³/mol. The third kappa shape index (κ3) is 11.1. The second kappa shape index (κ2) is 16.9. The summed E-state index contributed by atoms with van der Waals surface area (Å²) in [5.74, 6) is -1.51. The van der Waals surface area contributed by atoms with Gasteiger partial charge in [0.25, 0.3) is 0 Å². The maximum absolute atomic E-state index is 14.0. The zero-order valence-corrected chi connectivity index (χ0v) is 24.8. The lowest BCUT2D eigenvalue weighted by Crippen LogP contribution is -2.54. The molecule has 2 aromatic carbocycles. The molecule has 1 fully saturated rings. The average Bonchev–Trinajstić information content (AvgIpc) is 3.00. The van der Waals surface area contributed by atoms with E-state index in [2.05, 4.69) is 15.6 Å². The maximum Gasteiger partial charge on any atom is 0.243 e. The first-order valence-electron chi connectivity index (χ1n) is 15.1. The fourth-order valence-corrected chi connectivity index (χ4v) is 5.65. The molecule has 1 saturated carbocycles. The molecule has 0 aromatic heterocycles. The summed E-state index contributed by atoms with van der Waals surface area (Å²) in [7, 11) is 0. The van der Waals surface area contributed by atoms with Gasteiger partial charge in [0.15, 0.2) is 5.96 Å². The number of carbonyl (C=O) groups excluding carboxylic acids is 3. The van der Waals surface area contributed by atoms with Gasteiger partial charge in [0.05, 0.1) is 0 Å². The first-order chi connectivity index (χ1) is 20.6. The zero-order valence-electron chi connectivity index (χ0n) is 24.8. The van der Waals surface area contributed by atoms with Crippen molar-refractivity contribution in [3.63, 3.8) is 0 Å². The van der Waals surface area contributed by atoms with Crippen molar-refractivity contribution in [2.75, 3.05) is 6.54 Å². The smallest absolute Gasteiger partial charge is 0.243 e. The quantitative estimate of drug-likeness (QED) is 0.0879. The monoisotopic (exact) mass is 590 g/mol. The summed E-state index contributed by atoms with van der Waals surface area (Å²) in [4.78, 5) is 43.7. The second-order valence-corrected chi connectivity index (χ2v) is 11.3. The van der Waals surface area contributed by atoms with E-state index in [1.165, 1.54) is 0 Å². The Morgan fingerprint density at radius 3 is 2.07 bits per heavy atom. The first kappa shape index (κ1) is 33.1. The van der Waals surface area contributed by atoms with Crippen molar-refractivity contribution in [3.05, 3.63) is 71.3 Å². The van der Waals surface area contributed by atoms with E-state index in [9.17, 15) is 14.4 Å². The fourth-order valence-electron chi connectivity index (χ4n) is 5.65. The van der Waals surface area contributed by atoms with Gasteiger partial charge >= 0.3 is 0 Å². The minimum absolute atomic E-state index is 0.00843. The van der Waals surface area contributed by atoms with Crippen LogP contribution in [0.5, 0.6) is 0 Å². The summed E-state index contributed by atoms with van der Waals surface area (Å²) >= 11 is 0. The largest absolute Gasteiger partial charge is 0.384 e. The molecule has 0 radical (unpaired) electrons. The maximum atomic E-state index is 14.0. The number of nitrogens with two attached hydrogens (primary N) is 4. The van der Waals surface area contributed by atoms with Crippen LogP contribution >= 0.6 is 0 Å². The number of nitrogens with zero attached hydrogens (tertiary/aromatic N) is 1. The number of nitrogens with one attached hydrogen (secondary N) is 3. The number of nitrogen functional groups attached to an aromatic ring is 1. The van der Waals surface area contributed by atoms with Crippen molar-refractivity contribution >= 4 is 29.5 Å². The molecule has 43 heavy (non-hydrogen) atoms. The number of aryl methyl sites for hydroxylation is 1. The van der Waals surface area contributed by atoms with Crippen LogP contribution in [0.1, 0.15) is 68.1 Å². The van der Waals surface area contributed by atoms with E-state index in [1.54, 1.807) is 12.1 Å². The lowest BCUT2D eigenvalue weighted by Gasteiger charge is -2.31. The Morgan fingerprint density at radius 1 is 0.814 bits per heavy atom. The highest BCUT2D eigenvalue weighted by Gasteiger charge is 2.33. The van der Waals surface area contributed by atoms with Gasteiger partial charge in [-0.2, -0.15) is 0 Å². The summed E-state index contributed by atoms with van der Waals surface area (Å²) in [5.41, 5.74) is 24.6. The number of hydrogen-bond donors (Lipinski definition) is 7. The molecular formula is C32H46N8O3. The minimum atomic E-state index is -0.924. The van der Waals surface area contributed by atoms with Crippen molar-refractivity contribution in [2.24, 2.45) is 39.8 Å². The van der Waals surface area contributed by atoms with E-state index < -0.39 is 23.9 Å². The number of amides is 3. The van der Waals surface area contributed by atoms with Gasteiger partial charge in [0, 0.05) is 18.0 Å². The van der Waals surface area contributed by atoms with E-state index in [0.717, 1.165) is 43.2 Å².